The first-order chi connectivity index (χ1) is 18.3. The SMILES string of the molecule is CCc1cccc(CNC[C@@H](O)[C@H](Cc2cc(F)cc(F)c2)NC(=O)C2CC(=O)N(Cc3ccco3)C2)c1. The zero-order chi connectivity index (χ0) is 27.1. The molecule has 1 fully saturated rings. The molecule has 3 N–H and O–H groups in total. The van der Waals surface area contributed by atoms with Gasteiger partial charge in [0.2, 0.25) is 11.8 Å². The minimum Gasteiger partial charge on any atom is -0.467 e. The van der Waals surface area contributed by atoms with E-state index in [1.807, 2.05) is 18.2 Å². The third-order valence-corrected chi connectivity index (χ3v) is 6.76. The zero-order valence-corrected chi connectivity index (χ0v) is 21.3. The molecule has 3 atom stereocenters. The second-order valence-corrected chi connectivity index (χ2v) is 9.72. The number of hydrogen-bond acceptors (Lipinski definition) is 5. The normalized spacial score (nSPS) is 17.0. The fourth-order valence-electron chi connectivity index (χ4n) is 4.72. The maximum absolute atomic E-state index is 13.8. The third kappa shape index (κ3) is 7.49. The van der Waals surface area contributed by atoms with E-state index in [0.29, 0.717) is 17.9 Å². The molecule has 0 saturated carbocycles. The van der Waals surface area contributed by atoms with Crippen molar-refractivity contribution in [1.82, 2.24) is 15.5 Å². The van der Waals surface area contributed by atoms with E-state index in [0.717, 1.165) is 18.1 Å². The van der Waals surface area contributed by atoms with Crippen LogP contribution in [0.25, 0.3) is 0 Å². The van der Waals surface area contributed by atoms with Gasteiger partial charge in [-0.25, -0.2) is 8.78 Å². The summed E-state index contributed by atoms with van der Waals surface area (Å²) in [5.74, 6) is -2.01. The second-order valence-electron chi connectivity index (χ2n) is 9.72. The molecular weight excluding hydrogens is 492 g/mol. The molecular formula is C29H33F2N3O4. The highest BCUT2D eigenvalue weighted by Gasteiger charge is 2.36. The van der Waals surface area contributed by atoms with E-state index in [1.54, 1.807) is 17.0 Å². The Morgan fingerprint density at radius 3 is 2.58 bits per heavy atom. The van der Waals surface area contributed by atoms with Crippen LogP contribution in [0.15, 0.2) is 65.3 Å². The van der Waals surface area contributed by atoms with Gasteiger partial charge in [-0.2, -0.15) is 0 Å². The van der Waals surface area contributed by atoms with Gasteiger partial charge < -0.3 is 25.1 Å². The van der Waals surface area contributed by atoms with Crippen molar-refractivity contribution in [2.24, 2.45) is 5.92 Å². The van der Waals surface area contributed by atoms with Crippen LogP contribution in [0.4, 0.5) is 8.78 Å². The molecule has 9 heteroatoms. The van der Waals surface area contributed by atoms with Gasteiger partial charge in [-0.05, 0) is 53.8 Å². The van der Waals surface area contributed by atoms with Crippen LogP contribution in [0.1, 0.15) is 35.8 Å². The lowest BCUT2D eigenvalue weighted by Gasteiger charge is -2.26. The number of amides is 2. The lowest BCUT2D eigenvalue weighted by atomic mass is 9.99. The van der Waals surface area contributed by atoms with Crippen molar-refractivity contribution in [1.29, 1.82) is 0 Å². The Hall–Kier alpha value is -3.56. The van der Waals surface area contributed by atoms with Gasteiger partial charge >= 0.3 is 0 Å². The van der Waals surface area contributed by atoms with Gasteiger partial charge in [-0.15, -0.1) is 0 Å². The molecule has 2 amide bonds. The molecule has 0 spiro atoms. The summed E-state index contributed by atoms with van der Waals surface area (Å²) in [5.41, 5.74) is 2.57. The fourth-order valence-corrected chi connectivity index (χ4v) is 4.72. The summed E-state index contributed by atoms with van der Waals surface area (Å²) in [6, 6.07) is 13.9. The van der Waals surface area contributed by atoms with E-state index in [9.17, 15) is 23.5 Å². The Bertz CT molecular complexity index is 1210. The van der Waals surface area contributed by atoms with Crippen LogP contribution in [-0.4, -0.2) is 47.1 Å². The number of hydrogen-bond donors (Lipinski definition) is 3. The standard InChI is InChI=1S/C29H33F2N3O4/c1-2-19-5-3-6-20(9-19)15-32-16-27(35)26(12-21-10-23(30)14-24(31)11-21)33-29(37)22-13-28(36)34(17-22)18-25-7-4-8-38-25/h3-11,14,22,26-27,32,35H,2,12-13,15-18H2,1H3,(H,33,37)/t22?,26-,27+/m0/s1. The van der Waals surface area contributed by atoms with Crippen molar-refractivity contribution in [2.75, 3.05) is 13.1 Å². The van der Waals surface area contributed by atoms with Gasteiger partial charge in [0.1, 0.15) is 17.4 Å². The Morgan fingerprint density at radius 1 is 1.11 bits per heavy atom. The summed E-state index contributed by atoms with van der Waals surface area (Å²) < 4.78 is 33.0. The Labute approximate surface area is 220 Å². The van der Waals surface area contributed by atoms with Gasteiger partial charge in [-0.3, -0.25) is 9.59 Å². The topological polar surface area (TPSA) is 94.8 Å². The van der Waals surface area contributed by atoms with Crippen molar-refractivity contribution < 1.29 is 27.9 Å². The summed E-state index contributed by atoms with van der Waals surface area (Å²) in [6.45, 7) is 3.22. The number of carbonyl (C=O) groups excluding carboxylic acids is 2. The minimum atomic E-state index is -1.05. The van der Waals surface area contributed by atoms with E-state index in [4.69, 9.17) is 4.42 Å². The summed E-state index contributed by atoms with van der Waals surface area (Å²) >= 11 is 0. The van der Waals surface area contributed by atoms with E-state index in [-0.39, 0.29) is 38.4 Å². The predicted octanol–water partition coefficient (Wildman–Crippen LogP) is 3.35. The van der Waals surface area contributed by atoms with Crippen LogP contribution >= 0.6 is 0 Å². The molecule has 1 unspecified atom stereocenters. The zero-order valence-electron chi connectivity index (χ0n) is 21.3. The molecule has 0 radical (unpaired) electrons. The average molecular weight is 526 g/mol. The number of aryl methyl sites for hydroxylation is 1. The molecule has 1 aliphatic heterocycles. The number of likely N-dealkylation sites (tertiary alicyclic amines) is 1. The summed E-state index contributed by atoms with van der Waals surface area (Å²) in [4.78, 5) is 27.2. The first-order valence-corrected chi connectivity index (χ1v) is 12.8. The van der Waals surface area contributed by atoms with Crippen LogP contribution in [0, 0.1) is 17.6 Å². The maximum atomic E-state index is 13.8. The Morgan fingerprint density at radius 2 is 1.87 bits per heavy atom. The third-order valence-electron chi connectivity index (χ3n) is 6.76. The highest BCUT2D eigenvalue weighted by atomic mass is 19.1. The van der Waals surface area contributed by atoms with Crippen molar-refractivity contribution in [3.05, 3.63) is 94.9 Å². The highest BCUT2D eigenvalue weighted by Crippen LogP contribution is 2.21. The molecule has 4 rings (SSSR count). The predicted molar refractivity (Wildman–Crippen MR) is 138 cm³/mol. The Kier molecular flexibility index (Phi) is 9.25. The first kappa shape index (κ1) is 27.5. The number of nitrogens with one attached hydrogen (secondary N) is 2. The lowest BCUT2D eigenvalue weighted by molar-refractivity contribution is -0.129. The number of aliphatic hydroxyl groups is 1. The maximum Gasteiger partial charge on any atom is 0.225 e. The van der Waals surface area contributed by atoms with Crippen LogP contribution in [-0.2, 0) is 35.5 Å². The number of nitrogens with zero attached hydrogens (tertiary/aromatic N) is 1. The monoisotopic (exact) mass is 525 g/mol. The Balaban J connectivity index is 1.40. The van der Waals surface area contributed by atoms with Crippen molar-refractivity contribution in [3.8, 4) is 0 Å². The highest BCUT2D eigenvalue weighted by molar-refractivity contribution is 5.89. The average Bonchev–Trinajstić information content (AvgIpc) is 3.53. The summed E-state index contributed by atoms with van der Waals surface area (Å²) in [6.07, 6.45) is 1.45. The summed E-state index contributed by atoms with van der Waals surface area (Å²) in [7, 11) is 0. The number of halogens is 2. The number of rotatable bonds is 12. The number of aliphatic hydroxyl groups excluding tert-OH is 1. The van der Waals surface area contributed by atoms with E-state index < -0.39 is 35.6 Å². The van der Waals surface area contributed by atoms with Crippen molar-refractivity contribution in [2.45, 2.75) is 51.4 Å². The molecule has 1 aromatic heterocycles. The van der Waals surface area contributed by atoms with E-state index in [2.05, 4.69) is 23.6 Å². The second kappa shape index (κ2) is 12.8. The smallest absolute Gasteiger partial charge is 0.225 e. The number of furan rings is 1. The summed E-state index contributed by atoms with van der Waals surface area (Å²) in [5, 5.41) is 17.0. The molecule has 2 heterocycles. The van der Waals surface area contributed by atoms with Crippen molar-refractivity contribution in [3.63, 3.8) is 0 Å². The van der Waals surface area contributed by atoms with E-state index >= 15 is 0 Å². The largest absolute Gasteiger partial charge is 0.467 e. The fraction of sp³-hybridized carbons (Fsp3) is 0.379. The van der Waals surface area contributed by atoms with Crippen molar-refractivity contribution >= 4 is 11.8 Å². The molecule has 1 saturated heterocycles. The lowest BCUT2D eigenvalue weighted by Crippen LogP contribution is -2.50. The van der Waals surface area contributed by atoms with Crippen LogP contribution < -0.4 is 10.6 Å². The van der Waals surface area contributed by atoms with Crippen LogP contribution in [0.3, 0.4) is 0 Å². The molecule has 1 aliphatic rings. The van der Waals surface area contributed by atoms with Crippen LogP contribution in [0.5, 0.6) is 0 Å². The minimum absolute atomic E-state index is 0.0192. The van der Waals surface area contributed by atoms with Gasteiger partial charge in [-0.1, -0.05) is 31.2 Å². The number of benzene rings is 2. The van der Waals surface area contributed by atoms with Gasteiger partial charge in [0.25, 0.3) is 0 Å². The quantitative estimate of drug-likeness (QED) is 0.337. The molecule has 0 aliphatic carbocycles. The molecule has 3 aromatic rings. The molecule has 0 bridgehead atoms. The number of carbonyl (C=O) groups is 2. The molecule has 7 nitrogen and oxygen atoms in total. The molecule has 38 heavy (non-hydrogen) atoms. The first-order valence-electron chi connectivity index (χ1n) is 12.8. The van der Waals surface area contributed by atoms with Gasteiger partial charge in [0.05, 0.1) is 30.9 Å². The molecule has 202 valence electrons. The van der Waals surface area contributed by atoms with E-state index in [1.165, 1.54) is 24.0 Å². The molecule has 2 aromatic carbocycles. The van der Waals surface area contributed by atoms with Crippen LogP contribution in [0.2, 0.25) is 0 Å². The van der Waals surface area contributed by atoms with Gasteiger partial charge in [0, 0.05) is 32.1 Å². The van der Waals surface area contributed by atoms with Gasteiger partial charge in [0.15, 0.2) is 0 Å².